The summed E-state index contributed by atoms with van der Waals surface area (Å²) in [7, 11) is 0. The predicted octanol–water partition coefficient (Wildman–Crippen LogP) is 2.38. The van der Waals surface area contributed by atoms with E-state index in [1.165, 1.54) is 25.7 Å². The maximum absolute atomic E-state index is 11.5. The Morgan fingerprint density at radius 2 is 1.92 bits per heavy atom. The van der Waals surface area contributed by atoms with Crippen molar-refractivity contribution in [2.45, 2.75) is 39.0 Å². The minimum Gasteiger partial charge on any atom is -0.465 e. The van der Waals surface area contributed by atoms with E-state index in [9.17, 15) is 4.79 Å². The normalized spacial score (nSPS) is 36.5. The van der Waals surface area contributed by atoms with Crippen LogP contribution in [-0.4, -0.2) is 12.6 Å². The fourth-order valence-electron chi connectivity index (χ4n) is 2.64. The van der Waals surface area contributed by atoms with Gasteiger partial charge in [0.25, 0.3) is 0 Å². The molecule has 13 heavy (non-hydrogen) atoms. The summed E-state index contributed by atoms with van der Waals surface area (Å²) in [6.07, 6.45) is 6.10. The highest BCUT2D eigenvalue weighted by Crippen LogP contribution is 2.55. The lowest BCUT2D eigenvalue weighted by molar-refractivity contribution is -0.145. The highest BCUT2D eigenvalue weighted by molar-refractivity contribution is 5.76. The quantitative estimate of drug-likeness (QED) is 0.626. The number of fused-ring (bicyclic) bond motifs is 1. The van der Waals surface area contributed by atoms with Gasteiger partial charge in [0.2, 0.25) is 0 Å². The molecule has 2 fully saturated rings. The number of hydrogen-bond acceptors (Lipinski definition) is 2. The van der Waals surface area contributed by atoms with Gasteiger partial charge in [-0.05, 0) is 31.1 Å². The molecule has 0 amide bonds. The molecule has 74 valence electrons. The molecule has 0 spiro atoms. The maximum Gasteiger partial charge on any atom is 0.309 e. The Labute approximate surface area is 79.7 Å². The van der Waals surface area contributed by atoms with Gasteiger partial charge in [0.1, 0.15) is 0 Å². The Morgan fingerprint density at radius 1 is 1.31 bits per heavy atom. The molecule has 0 aliphatic heterocycles. The highest BCUT2D eigenvalue weighted by atomic mass is 16.5. The van der Waals surface area contributed by atoms with Crippen LogP contribution in [0.15, 0.2) is 0 Å². The van der Waals surface area contributed by atoms with Crippen LogP contribution in [-0.2, 0) is 9.53 Å². The zero-order valence-corrected chi connectivity index (χ0v) is 8.29. The summed E-state index contributed by atoms with van der Waals surface area (Å²) in [5.74, 6) is 1.75. The van der Waals surface area contributed by atoms with Gasteiger partial charge in [-0.3, -0.25) is 4.79 Å². The van der Waals surface area contributed by atoms with Crippen LogP contribution < -0.4 is 0 Å². The van der Waals surface area contributed by atoms with E-state index in [0.29, 0.717) is 18.4 Å². The second-order valence-electron chi connectivity index (χ2n) is 4.31. The average Bonchev–Trinajstić information content (AvgIpc) is 2.88. The third-order valence-corrected chi connectivity index (χ3v) is 3.38. The Hall–Kier alpha value is -0.530. The van der Waals surface area contributed by atoms with Gasteiger partial charge >= 0.3 is 5.97 Å². The van der Waals surface area contributed by atoms with Crippen molar-refractivity contribution in [3.63, 3.8) is 0 Å². The average molecular weight is 182 g/mol. The van der Waals surface area contributed by atoms with Crippen molar-refractivity contribution in [1.82, 2.24) is 0 Å². The van der Waals surface area contributed by atoms with Crippen molar-refractivity contribution < 1.29 is 9.53 Å². The van der Waals surface area contributed by atoms with Crippen LogP contribution in [0.4, 0.5) is 0 Å². The first-order valence-electron chi connectivity index (χ1n) is 5.51. The first kappa shape index (κ1) is 9.04. The molecule has 2 unspecified atom stereocenters. The van der Waals surface area contributed by atoms with E-state index in [1.807, 2.05) is 6.92 Å². The van der Waals surface area contributed by atoms with Gasteiger partial charge in [0.05, 0.1) is 12.5 Å². The van der Waals surface area contributed by atoms with Crippen LogP contribution in [0.25, 0.3) is 0 Å². The van der Waals surface area contributed by atoms with E-state index >= 15 is 0 Å². The predicted molar refractivity (Wildman–Crippen MR) is 50.2 cm³/mol. The molecule has 0 aromatic carbocycles. The van der Waals surface area contributed by atoms with Gasteiger partial charge in [-0.2, -0.15) is 0 Å². The lowest BCUT2D eigenvalue weighted by Crippen LogP contribution is -2.09. The summed E-state index contributed by atoms with van der Waals surface area (Å²) < 4.78 is 5.17. The third-order valence-electron chi connectivity index (χ3n) is 3.38. The molecule has 0 radical (unpaired) electrons. The SMILES string of the molecule is CCCOC(=O)C1C2CCCCC21. The molecular formula is C11H18O2. The first-order chi connectivity index (χ1) is 6.34. The van der Waals surface area contributed by atoms with E-state index in [2.05, 4.69) is 0 Å². The molecule has 2 aliphatic carbocycles. The number of esters is 1. The van der Waals surface area contributed by atoms with Crippen molar-refractivity contribution in [3.05, 3.63) is 0 Å². The molecule has 0 heterocycles. The fraction of sp³-hybridized carbons (Fsp3) is 0.909. The summed E-state index contributed by atoms with van der Waals surface area (Å²) in [6.45, 7) is 2.64. The fourth-order valence-corrected chi connectivity index (χ4v) is 2.64. The molecule has 0 aromatic rings. The number of carbonyl (C=O) groups is 1. The molecule has 0 N–H and O–H groups in total. The minimum absolute atomic E-state index is 0.0822. The van der Waals surface area contributed by atoms with Crippen molar-refractivity contribution in [3.8, 4) is 0 Å². The van der Waals surface area contributed by atoms with Gasteiger partial charge in [-0.1, -0.05) is 19.8 Å². The number of rotatable bonds is 3. The topological polar surface area (TPSA) is 26.3 Å². The summed E-state index contributed by atoms with van der Waals surface area (Å²) in [4.78, 5) is 11.5. The lowest BCUT2D eigenvalue weighted by Gasteiger charge is -2.04. The second-order valence-corrected chi connectivity index (χ2v) is 4.31. The first-order valence-corrected chi connectivity index (χ1v) is 5.51. The van der Waals surface area contributed by atoms with Gasteiger partial charge < -0.3 is 4.74 Å². The molecule has 2 heteroatoms. The van der Waals surface area contributed by atoms with Gasteiger partial charge in [-0.15, -0.1) is 0 Å². The van der Waals surface area contributed by atoms with E-state index in [4.69, 9.17) is 4.74 Å². The molecule has 2 rings (SSSR count). The minimum atomic E-state index is 0.0822. The monoisotopic (exact) mass is 182 g/mol. The van der Waals surface area contributed by atoms with Gasteiger partial charge in [0.15, 0.2) is 0 Å². The molecule has 2 saturated carbocycles. The Balaban J connectivity index is 1.79. The molecule has 0 saturated heterocycles. The largest absolute Gasteiger partial charge is 0.465 e. The Morgan fingerprint density at radius 3 is 2.46 bits per heavy atom. The highest BCUT2D eigenvalue weighted by Gasteiger charge is 2.55. The number of hydrogen-bond donors (Lipinski definition) is 0. The summed E-state index contributed by atoms with van der Waals surface area (Å²) in [5, 5.41) is 0. The van der Waals surface area contributed by atoms with Crippen molar-refractivity contribution >= 4 is 5.97 Å². The summed E-state index contributed by atoms with van der Waals surface area (Å²) >= 11 is 0. The van der Waals surface area contributed by atoms with Crippen LogP contribution in [0.3, 0.4) is 0 Å². The van der Waals surface area contributed by atoms with Crippen molar-refractivity contribution in [2.75, 3.05) is 6.61 Å². The maximum atomic E-state index is 11.5. The zero-order valence-electron chi connectivity index (χ0n) is 8.29. The molecule has 2 nitrogen and oxygen atoms in total. The molecule has 0 aromatic heterocycles. The molecular weight excluding hydrogens is 164 g/mol. The number of carbonyl (C=O) groups excluding carboxylic acids is 1. The third kappa shape index (κ3) is 1.72. The summed E-state index contributed by atoms with van der Waals surface area (Å²) in [5.41, 5.74) is 0. The van der Waals surface area contributed by atoms with Gasteiger partial charge in [-0.25, -0.2) is 0 Å². The zero-order chi connectivity index (χ0) is 9.26. The lowest BCUT2D eigenvalue weighted by atomic mass is 10.0. The van der Waals surface area contributed by atoms with E-state index < -0.39 is 0 Å². The van der Waals surface area contributed by atoms with Crippen LogP contribution in [0.2, 0.25) is 0 Å². The van der Waals surface area contributed by atoms with Crippen LogP contribution >= 0.6 is 0 Å². The smallest absolute Gasteiger partial charge is 0.309 e. The van der Waals surface area contributed by atoms with E-state index in [-0.39, 0.29) is 11.9 Å². The molecule has 2 aliphatic rings. The van der Waals surface area contributed by atoms with Crippen molar-refractivity contribution in [2.24, 2.45) is 17.8 Å². The number of ether oxygens (including phenoxy) is 1. The van der Waals surface area contributed by atoms with Crippen molar-refractivity contribution in [1.29, 1.82) is 0 Å². The van der Waals surface area contributed by atoms with E-state index in [0.717, 1.165) is 6.42 Å². The Bertz CT molecular complexity index is 188. The van der Waals surface area contributed by atoms with Crippen LogP contribution in [0.5, 0.6) is 0 Å². The van der Waals surface area contributed by atoms with Crippen LogP contribution in [0.1, 0.15) is 39.0 Å². The van der Waals surface area contributed by atoms with E-state index in [1.54, 1.807) is 0 Å². The van der Waals surface area contributed by atoms with Gasteiger partial charge in [0, 0.05) is 0 Å². The molecule has 2 atom stereocenters. The standard InChI is InChI=1S/C11H18O2/c1-2-7-13-11(12)10-8-5-3-4-6-9(8)10/h8-10H,2-7H2,1H3. The van der Waals surface area contributed by atoms with Crippen LogP contribution in [0, 0.1) is 17.8 Å². The second kappa shape index (κ2) is 3.69. The Kier molecular flexibility index (Phi) is 2.56. The molecule has 0 bridgehead atoms. The summed E-state index contributed by atoms with van der Waals surface area (Å²) in [6, 6.07) is 0.